The number of hydrogen-bond donors (Lipinski definition) is 2. The molecule has 0 heterocycles. The van der Waals surface area contributed by atoms with Gasteiger partial charge in [0.1, 0.15) is 4.51 Å². The van der Waals surface area contributed by atoms with Crippen LogP contribution in [0.1, 0.15) is 40.5 Å². The third kappa shape index (κ3) is 14.5. The van der Waals surface area contributed by atoms with Crippen LogP contribution in [-0.2, 0) is 4.74 Å². The smallest absolute Gasteiger partial charge is 0.200 e. The number of anilines is 1. The van der Waals surface area contributed by atoms with E-state index >= 15 is 0 Å². The van der Waals surface area contributed by atoms with Crippen LogP contribution in [0.2, 0.25) is 0 Å². The van der Waals surface area contributed by atoms with Crippen LogP contribution in [0, 0.1) is 4.51 Å². The van der Waals surface area contributed by atoms with Gasteiger partial charge in [-0.15, -0.1) is 0 Å². The minimum Gasteiger partial charge on any atom is -0.381 e. The number of ether oxygens (including phenoxy) is 1. The number of nitrogens with two attached hydrogens (primary N) is 1. The Morgan fingerprint density at radius 2 is 1.78 bits per heavy atom. The van der Waals surface area contributed by atoms with Gasteiger partial charge in [0.25, 0.3) is 0 Å². The molecule has 0 amide bonds. The predicted molar refractivity (Wildman–Crippen MR) is 104 cm³/mol. The van der Waals surface area contributed by atoms with Crippen molar-refractivity contribution in [1.82, 2.24) is 4.90 Å². The molecule has 0 unspecified atom stereocenters. The number of hydrogen-bond acceptors (Lipinski definition) is 6. The van der Waals surface area contributed by atoms with E-state index in [1.807, 2.05) is 6.92 Å². The van der Waals surface area contributed by atoms with E-state index < -0.39 is 0 Å². The Bertz CT molecular complexity index is 429. The summed E-state index contributed by atoms with van der Waals surface area (Å²) >= 11 is 4.86. The molecule has 1 rings (SSSR count). The quantitative estimate of drug-likeness (QED) is 0.530. The third-order valence-electron chi connectivity index (χ3n) is 2.53. The first-order valence-electron chi connectivity index (χ1n) is 8.48. The molecule has 0 saturated carbocycles. The van der Waals surface area contributed by atoms with E-state index in [0.717, 1.165) is 38.3 Å². The molecule has 1 aromatic carbocycles. The van der Waals surface area contributed by atoms with Crippen molar-refractivity contribution >= 4 is 17.9 Å². The Labute approximate surface area is 146 Å². The lowest BCUT2D eigenvalue weighted by Gasteiger charge is -2.15. The molecule has 0 bridgehead atoms. The molecular formula is C17H35N3O2S. The minimum absolute atomic E-state index is 0.0513. The van der Waals surface area contributed by atoms with Crippen LogP contribution < -0.4 is 16.5 Å². The van der Waals surface area contributed by atoms with Crippen LogP contribution in [0.4, 0.5) is 5.69 Å². The molecule has 0 fully saturated rings. The van der Waals surface area contributed by atoms with Gasteiger partial charge in [0.15, 0.2) is 0 Å². The second-order valence-corrected chi connectivity index (χ2v) is 5.62. The van der Waals surface area contributed by atoms with Crippen molar-refractivity contribution in [2.24, 2.45) is 5.73 Å². The molecule has 0 aliphatic rings. The Balaban J connectivity index is 0. The van der Waals surface area contributed by atoms with Crippen LogP contribution in [0.15, 0.2) is 10.9 Å². The largest absolute Gasteiger partial charge is 0.381 e. The zero-order valence-corrected chi connectivity index (χ0v) is 16.3. The van der Waals surface area contributed by atoms with Gasteiger partial charge in [0.2, 0.25) is 5.43 Å². The summed E-state index contributed by atoms with van der Waals surface area (Å²) < 4.78 is 5.88. The van der Waals surface area contributed by atoms with Gasteiger partial charge in [-0.2, -0.15) is 0 Å². The molecule has 0 radical (unpaired) electrons. The van der Waals surface area contributed by atoms with Crippen molar-refractivity contribution in [3.05, 3.63) is 20.8 Å². The highest BCUT2D eigenvalue weighted by Crippen LogP contribution is 2.06. The summed E-state index contributed by atoms with van der Waals surface area (Å²) in [6, 6.07) is 1.53. The second-order valence-electron chi connectivity index (χ2n) is 5.21. The van der Waals surface area contributed by atoms with Crippen LogP contribution in [0.5, 0.6) is 0 Å². The van der Waals surface area contributed by atoms with Crippen molar-refractivity contribution in [1.29, 1.82) is 0 Å². The molecule has 6 heteroatoms. The highest BCUT2D eigenvalue weighted by atomic mass is 32.1. The normalized spacial score (nSPS) is 9.87. The van der Waals surface area contributed by atoms with Gasteiger partial charge >= 0.3 is 0 Å². The average Bonchev–Trinajstić information content (AvgIpc) is 2.51. The summed E-state index contributed by atoms with van der Waals surface area (Å²) in [6.07, 6.45) is 2.41. The van der Waals surface area contributed by atoms with Gasteiger partial charge in [-0.05, 0) is 26.6 Å². The second kappa shape index (κ2) is 17.5. The van der Waals surface area contributed by atoms with Gasteiger partial charge in [0.05, 0.1) is 18.9 Å². The molecule has 0 aliphatic carbocycles. The van der Waals surface area contributed by atoms with Gasteiger partial charge in [-0.3, -0.25) is 4.79 Å². The van der Waals surface area contributed by atoms with Crippen molar-refractivity contribution in [2.45, 2.75) is 40.5 Å². The molecule has 0 aromatic heterocycles. The van der Waals surface area contributed by atoms with Gasteiger partial charge in [-0.25, -0.2) is 0 Å². The van der Waals surface area contributed by atoms with E-state index in [1.54, 1.807) is 0 Å². The molecule has 0 atom stereocenters. The van der Waals surface area contributed by atoms with Gasteiger partial charge in [-0.1, -0.05) is 46.3 Å². The fraction of sp³-hybridized carbons (Fsp3) is 0.765. The third-order valence-corrected chi connectivity index (χ3v) is 2.95. The highest BCUT2D eigenvalue weighted by molar-refractivity contribution is 7.71. The van der Waals surface area contributed by atoms with Crippen molar-refractivity contribution in [2.75, 3.05) is 51.8 Å². The Morgan fingerprint density at radius 1 is 1.22 bits per heavy atom. The van der Waals surface area contributed by atoms with Crippen molar-refractivity contribution in [3.8, 4) is 0 Å². The molecule has 0 saturated heterocycles. The molecule has 23 heavy (non-hydrogen) atoms. The fourth-order valence-corrected chi connectivity index (χ4v) is 1.71. The van der Waals surface area contributed by atoms with E-state index in [9.17, 15) is 4.79 Å². The molecule has 0 spiro atoms. The molecule has 5 nitrogen and oxygen atoms in total. The van der Waals surface area contributed by atoms with Gasteiger partial charge < -0.3 is 20.7 Å². The van der Waals surface area contributed by atoms with E-state index in [-0.39, 0.29) is 5.43 Å². The highest BCUT2D eigenvalue weighted by Gasteiger charge is 2.03. The summed E-state index contributed by atoms with van der Waals surface area (Å²) in [7, 11) is 2.09. The maximum absolute atomic E-state index is 10.8. The van der Waals surface area contributed by atoms with E-state index in [0.29, 0.717) is 17.7 Å². The first-order chi connectivity index (χ1) is 11.0. The molecule has 3 N–H and O–H groups in total. The predicted octanol–water partition coefficient (Wildman–Crippen LogP) is 2.80. The topological polar surface area (TPSA) is 67.6 Å². The lowest BCUT2D eigenvalue weighted by Crippen LogP contribution is -2.25. The summed E-state index contributed by atoms with van der Waals surface area (Å²) in [5.41, 5.74) is 5.57. The number of likely N-dealkylation sites (N-methyl/N-ethyl adjacent to an activating group) is 1. The summed E-state index contributed by atoms with van der Waals surface area (Å²) in [4.78, 5) is 13.1. The Kier molecular flexibility index (Phi) is 18.6. The molecule has 1 aromatic rings. The Hall–Kier alpha value is -0.820. The number of rotatable bonds is 9. The standard InChI is InChI=1S/C12H20N2O2S.C3H8.C2H7N/c1-3-5-14(2)6-8-16-7-4-13-10-9-11(15)12(10)17;1-3-2;1-2-3/h9,13H,3-8H2,1-2H3;3H2,1-2H3;2-3H2,1H3. The van der Waals surface area contributed by atoms with Crippen LogP contribution in [0.25, 0.3) is 0 Å². The van der Waals surface area contributed by atoms with Crippen LogP contribution in [0.3, 0.4) is 0 Å². The number of nitrogens with zero attached hydrogens (tertiary/aromatic N) is 1. The van der Waals surface area contributed by atoms with E-state index in [2.05, 4.69) is 38.0 Å². The van der Waals surface area contributed by atoms with E-state index in [1.165, 1.54) is 12.5 Å². The maximum Gasteiger partial charge on any atom is 0.200 e. The summed E-state index contributed by atoms with van der Waals surface area (Å²) in [5, 5.41) is 3.07. The van der Waals surface area contributed by atoms with Crippen molar-refractivity contribution in [3.63, 3.8) is 0 Å². The molecule has 0 aliphatic heterocycles. The van der Waals surface area contributed by atoms with Gasteiger partial charge in [0, 0.05) is 19.2 Å². The molecular weight excluding hydrogens is 310 g/mol. The SMILES string of the molecule is CCC.CCCN(C)CCOCCNc1cc(=O)c1=S.CCN. The lowest BCUT2D eigenvalue weighted by molar-refractivity contribution is 0.119. The average molecular weight is 346 g/mol. The minimum atomic E-state index is -0.0513. The lowest BCUT2D eigenvalue weighted by atomic mass is 10.3. The Morgan fingerprint density at radius 3 is 2.22 bits per heavy atom. The van der Waals surface area contributed by atoms with Crippen LogP contribution >= 0.6 is 12.2 Å². The zero-order valence-electron chi connectivity index (χ0n) is 15.5. The summed E-state index contributed by atoms with van der Waals surface area (Å²) in [6.45, 7) is 13.2. The van der Waals surface area contributed by atoms with Crippen LogP contribution in [-0.4, -0.2) is 51.3 Å². The first-order valence-corrected chi connectivity index (χ1v) is 8.89. The zero-order chi connectivity index (χ0) is 18.1. The van der Waals surface area contributed by atoms with Crippen molar-refractivity contribution < 1.29 is 4.74 Å². The molecule has 136 valence electrons. The first kappa shape index (κ1) is 24.4. The monoisotopic (exact) mass is 345 g/mol. The number of nitrogens with one attached hydrogen (secondary N) is 1. The fourth-order valence-electron chi connectivity index (χ4n) is 1.52. The summed E-state index contributed by atoms with van der Waals surface area (Å²) in [5.74, 6) is 0. The maximum atomic E-state index is 10.8. The van der Waals surface area contributed by atoms with E-state index in [4.69, 9.17) is 22.7 Å².